The van der Waals surface area contributed by atoms with Crippen molar-refractivity contribution >= 4 is 10.9 Å². The van der Waals surface area contributed by atoms with E-state index in [1.165, 1.54) is 12.1 Å². The Morgan fingerprint density at radius 3 is 1.55 bits per heavy atom. The smallest absolute Gasteiger partial charge is 0.248 e. The molecule has 4 heteroatoms. The first-order valence-electron chi connectivity index (χ1n) is 12.3. The molecule has 0 saturated heterocycles. The minimum Gasteiger partial charge on any atom is -0.248 e. The molecule has 6 rings (SSSR count). The number of halogens is 3. The first kappa shape index (κ1) is 23.7. The Morgan fingerprint density at radius 2 is 0.947 bits per heavy atom. The fraction of sp³-hybridized carbons (Fsp3) is 0.0294. The van der Waals surface area contributed by atoms with Crippen LogP contribution in [0.3, 0.4) is 0 Å². The first-order chi connectivity index (χ1) is 18.4. The maximum atomic E-state index is 13.1. The van der Waals surface area contributed by atoms with Crippen LogP contribution in [0.15, 0.2) is 133 Å². The third kappa shape index (κ3) is 4.81. The number of nitrogens with zero attached hydrogens (tertiary/aromatic N) is 1. The van der Waals surface area contributed by atoms with Gasteiger partial charge >= 0.3 is 6.18 Å². The number of aromatic nitrogens is 1. The van der Waals surface area contributed by atoms with E-state index in [0.717, 1.165) is 56.0 Å². The minimum absolute atomic E-state index is 0.543. The molecular formula is C34H22F3N. The van der Waals surface area contributed by atoms with Crippen LogP contribution in [0.2, 0.25) is 0 Å². The number of hydrogen-bond acceptors (Lipinski definition) is 1. The molecule has 1 aromatic heterocycles. The second-order valence-electron chi connectivity index (χ2n) is 9.20. The molecule has 0 unspecified atom stereocenters. The largest absolute Gasteiger partial charge is 0.416 e. The molecule has 0 aliphatic carbocycles. The molecule has 184 valence electrons. The van der Waals surface area contributed by atoms with Crippen molar-refractivity contribution in [3.63, 3.8) is 0 Å². The number of pyridine rings is 1. The van der Waals surface area contributed by atoms with Crippen LogP contribution in [0, 0.1) is 0 Å². The van der Waals surface area contributed by atoms with Gasteiger partial charge in [-0.2, -0.15) is 13.2 Å². The van der Waals surface area contributed by atoms with Crippen LogP contribution in [0.1, 0.15) is 5.56 Å². The summed E-state index contributed by atoms with van der Waals surface area (Å²) < 4.78 is 39.3. The van der Waals surface area contributed by atoms with E-state index in [1.54, 1.807) is 6.07 Å². The molecule has 0 amide bonds. The third-order valence-corrected chi connectivity index (χ3v) is 6.72. The number of benzene rings is 5. The van der Waals surface area contributed by atoms with Crippen LogP contribution in [-0.4, -0.2) is 4.98 Å². The van der Waals surface area contributed by atoms with Crippen molar-refractivity contribution in [3.8, 4) is 44.6 Å². The fourth-order valence-corrected chi connectivity index (χ4v) is 4.67. The number of alkyl halides is 3. The van der Waals surface area contributed by atoms with E-state index in [2.05, 4.69) is 48.5 Å². The number of fused-ring (bicyclic) bond motifs is 1. The molecule has 0 aliphatic heterocycles. The Labute approximate surface area is 218 Å². The summed E-state index contributed by atoms with van der Waals surface area (Å²) in [5, 5.41) is 1.12. The van der Waals surface area contributed by atoms with Gasteiger partial charge in [0.25, 0.3) is 0 Å². The van der Waals surface area contributed by atoms with Crippen LogP contribution in [0.4, 0.5) is 13.2 Å². The average molecular weight is 502 g/mol. The zero-order chi connectivity index (χ0) is 26.1. The lowest BCUT2D eigenvalue weighted by atomic mass is 9.96. The second kappa shape index (κ2) is 9.64. The predicted molar refractivity (Wildman–Crippen MR) is 148 cm³/mol. The van der Waals surface area contributed by atoms with Crippen molar-refractivity contribution in [2.24, 2.45) is 0 Å². The van der Waals surface area contributed by atoms with Crippen molar-refractivity contribution in [3.05, 3.63) is 139 Å². The summed E-state index contributed by atoms with van der Waals surface area (Å²) >= 11 is 0. The highest BCUT2D eigenvalue weighted by Gasteiger charge is 2.30. The van der Waals surface area contributed by atoms with Crippen LogP contribution in [-0.2, 0) is 6.18 Å². The highest BCUT2D eigenvalue weighted by molar-refractivity contribution is 5.82. The summed E-state index contributed by atoms with van der Waals surface area (Å²) in [7, 11) is 0. The van der Waals surface area contributed by atoms with Crippen LogP contribution in [0.25, 0.3) is 55.5 Å². The van der Waals surface area contributed by atoms with E-state index in [-0.39, 0.29) is 0 Å². The molecular weight excluding hydrogens is 479 g/mol. The molecule has 0 spiro atoms. The lowest BCUT2D eigenvalue weighted by Crippen LogP contribution is -2.04. The summed E-state index contributed by atoms with van der Waals surface area (Å²) in [5.41, 5.74) is 7.83. The molecule has 0 saturated carbocycles. The lowest BCUT2D eigenvalue weighted by molar-refractivity contribution is -0.137. The highest BCUT2D eigenvalue weighted by atomic mass is 19.4. The van der Waals surface area contributed by atoms with Gasteiger partial charge in [-0.15, -0.1) is 0 Å². The molecule has 0 N–H and O–H groups in total. The van der Waals surface area contributed by atoms with E-state index < -0.39 is 11.7 Å². The molecule has 0 bridgehead atoms. The Balaban J connectivity index is 1.25. The number of rotatable bonds is 4. The first-order valence-corrected chi connectivity index (χ1v) is 12.3. The topological polar surface area (TPSA) is 12.9 Å². The van der Waals surface area contributed by atoms with E-state index in [9.17, 15) is 13.2 Å². The van der Waals surface area contributed by atoms with E-state index in [4.69, 9.17) is 4.98 Å². The van der Waals surface area contributed by atoms with Gasteiger partial charge in [0.05, 0.1) is 16.8 Å². The van der Waals surface area contributed by atoms with Crippen molar-refractivity contribution in [1.82, 2.24) is 4.98 Å². The van der Waals surface area contributed by atoms with Crippen LogP contribution < -0.4 is 0 Å². The summed E-state index contributed by atoms with van der Waals surface area (Å²) in [6, 6.07) is 41.9. The minimum atomic E-state index is -4.36. The Hall–Kier alpha value is -4.70. The molecule has 38 heavy (non-hydrogen) atoms. The van der Waals surface area contributed by atoms with Gasteiger partial charge in [0, 0.05) is 10.9 Å². The molecule has 5 aromatic carbocycles. The van der Waals surface area contributed by atoms with Gasteiger partial charge in [0.2, 0.25) is 0 Å². The summed E-state index contributed by atoms with van der Waals surface area (Å²) in [5.74, 6) is 0. The monoisotopic (exact) mass is 501 g/mol. The Kier molecular flexibility index (Phi) is 6.01. The molecule has 1 nitrogen and oxygen atoms in total. The van der Waals surface area contributed by atoms with Crippen molar-refractivity contribution in [2.75, 3.05) is 0 Å². The van der Waals surface area contributed by atoms with Gasteiger partial charge in [-0.1, -0.05) is 103 Å². The fourth-order valence-electron chi connectivity index (χ4n) is 4.67. The standard InChI is InChI=1S/C34H22F3N/c35-34(36,37)31-9-4-8-30(22-31)25-13-11-23(12-14-25)28-6-3-7-29(21-28)24-15-17-27(18-16-24)33-20-19-26-5-1-2-10-32(26)38-33/h1-22H. The van der Waals surface area contributed by atoms with Gasteiger partial charge in [0.15, 0.2) is 0 Å². The zero-order valence-corrected chi connectivity index (χ0v) is 20.3. The van der Waals surface area contributed by atoms with Crippen LogP contribution in [0.5, 0.6) is 0 Å². The normalized spacial score (nSPS) is 11.6. The predicted octanol–water partition coefficient (Wildman–Crippen LogP) is 9.92. The number of para-hydroxylation sites is 1. The third-order valence-electron chi connectivity index (χ3n) is 6.72. The quantitative estimate of drug-likeness (QED) is 0.234. The summed E-state index contributed by atoms with van der Waals surface area (Å²) in [6.07, 6.45) is -4.36. The van der Waals surface area contributed by atoms with Gasteiger partial charge < -0.3 is 0 Å². The van der Waals surface area contributed by atoms with Crippen molar-refractivity contribution < 1.29 is 13.2 Å². The van der Waals surface area contributed by atoms with E-state index in [0.29, 0.717) is 5.56 Å². The Bertz CT molecular complexity index is 1730. The number of hydrogen-bond donors (Lipinski definition) is 0. The van der Waals surface area contributed by atoms with Crippen molar-refractivity contribution in [1.29, 1.82) is 0 Å². The lowest BCUT2D eigenvalue weighted by Gasteiger charge is -2.10. The molecule has 0 atom stereocenters. The zero-order valence-electron chi connectivity index (χ0n) is 20.3. The van der Waals surface area contributed by atoms with Crippen molar-refractivity contribution in [2.45, 2.75) is 6.18 Å². The van der Waals surface area contributed by atoms with Gasteiger partial charge in [0.1, 0.15) is 0 Å². The second-order valence-corrected chi connectivity index (χ2v) is 9.20. The van der Waals surface area contributed by atoms with Gasteiger partial charge in [-0.3, -0.25) is 0 Å². The summed E-state index contributed by atoms with van der Waals surface area (Å²) in [4.78, 5) is 4.79. The molecule has 0 fully saturated rings. The van der Waals surface area contributed by atoms with E-state index in [1.807, 2.05) is 60.7 Å². The van der Waals surface area contributed by atoms with E-state index >= 15 is 0 Å². The maximum absolute atomic E-state index is 13.1. The Morgan fingerprint density at radius 1 is 0.421 bits per heavy atom. The SMILES string of the molecule is FC(F)(F)c1cccc(-c2ccc(-c3cccc(-c4ccc(-c5ccc6ccccc6n5)cc4)c3)cc2)c1. The van der Waals surface area contributed by atoms with Gasteiger partial charge in [-0.25, -0.2) is 4.98 Å². The average Bonchev–Trinajstić information content (AvgIpc) is 2.97. The van der Waals surface area contributed by atoms with Crippen LogP contribution >= 0.6 is 0 Å². The molecule has 0 radical (unpaired) electrons. The molecule has 0 aliphatic rings. The molecule has 6 aromatic rings. The van der Waals surface area contributed by atoms with Gasteiger partial charge in [-0.05, 0) is 63.7 Å². The maximum Gasteiger partial charge on any atom is 0.416 e. The highest BCUT2D eigenvalue weighted by Crippen LogP contribution is 2.34. The summed E-state index contributed by atoms with van der Waals surface area (Å²) in [6.45, 7) is 0. The molecule has 1 heterocycles.